The van der Waals surface area contributed by atoms with Crippen molar-refractivity contribution in [2.45, 2.75) is 46.5 Å². The minimum atomic E-state index is -0.394. The third-order valence-corrected chi connectivity index (χ3v) is 5.25. The van der Waals surface area contributed by atoms with Gasteiger partial charge in [-0.2, -0.15) is 0 Å². The molecule has 0 amide bonds. The normalized spacial score (nSPS) is 32.2. The van der Waals surface area contributed by atoms with Crippen molar-refractivity contribution in [3.05, 3.63) is 23.8 Å². The highest BCUT2D eigenvalue weighted by Crippen LogP contribution is 2.56. The molecule has 0 radical (unpaired) electrons. The van der Waals surface area contributed by atoms with Crippen LogP contribution in [0.25, 0.3) is 0 Å². The topological polar surface area (TPSA) is 69.7 Å². The van der Waals surface area contributed by atoms with E-state index in [1.807, 2.05) is 6.08 Å². The second kappa shape index (κ2) is 7.32. The molecule has 0 aliphatic heterocycles. The summed E-state index contributed by atoms with van der Waals surface area (Å²) in [5, 5.41) is 0. The fourth-order valence-corrected chi connectivity index (χ4v) is 3.75. The summed E-state index contributed by atoms with van der Waals surface area (Å²) in [5.41, 5.74) is 1.50. The smallest absolute Gasteiger partial charge is 0.302 e. The van der Waals surface area contributed by atoms with Gasteiger partial charge < -0.3 is 9.47 Å². The van der Waals surface area contributed by atoms with E-state index in [-0.39, 0.29) is 35.6 Å². The maximum atomic E-state index is 12.7. The Morgan fingerprint density at radius 1 is 1.29 bits per heavy atom. The zero-order chi connectivity index (χ0) is 17.9. The van der Waals surface area contributed by atoms with Gasteiger partial charge in [-0.15, -0.1) is 0 Å². The Morgan fingerprint density at radius 3 is 2.58 bits per heavy atom. The van der Waals surface area contributed by atoms with Crippen LogP contribution in [0.1, 0.15) is 46.5 Å². The maximum Gasteiger partial charge on any atom is 0.302 e. The van der Waals surface area contributed by atoms with E-state index < -0.39 is 5.97 Å². The quantitative estimate of drug-likeness (QED) is 0.584. The van der Waals surface area contributed by atoms with Crippen molar-refractivity contribution in [3.8, 4) is 0 Å². The highest BCUT2D eigenvalue weighted by Gasteiger charge is 2.52. The lowest BCUT2D eigenvalue weighted by Crippen LogP contribution is -2.50. The van der Waals surface area contributed by atoms with Gasteiger partial charge in [0.15, 0.2) is 5.78 Å². The molecule has 0 aromatic rings. The van der Waals surface area contributed by atoms with Crippen LogP contribution in [0.15, 0.2) is 23.8 Å². The van der Waals surface area contributed by atoms with Crippen LogP contribution in [0.2, 0.25) is 0 Å². The number of hydrogen-bond donors (Lipinski definition) is 0. The molecule has 0 saturated heterocycles. The first-order valence-corrected chi connectivity index (χ1v) is 8.39. The SMILES string of the molecule is C=C1CC/C=C(/COC(C)=O)C(=O)C[C@@H]2[C@@H]1C[C@@]2(C)COC(C)=O. The zero-order valence-corrected chi connectivity index (χ0v) is 14.7. The van der Waals surface area contributed by atoms with E-state index in [2.05, 4.69) is 13.5 Å². The highest BCUT2D eigenvalue weighted by atomic mass is 16.5. The monoisotopic (exact) mass is 334 g/mol. The molecule has 0 spiro atoms. The van der Waals surface area contributed by atoms with Gasteiger partial charge in [-0.3, -0.25) is 14.4 Å². The molecular formula is C19H26O5. The molecule has 0 aromatic carbocycles. The molecule has 0 aromatic heterocycles. The van der Waals surface area contributed by atoms with Crippen molar-refractivity contribution >= 4 is 17.7 Å². The van der Waals surface area contributed by atoms with E-state index in [1.54, 1.807) is 0 Å². The van der Waals surface area contributed by atoms with Gasteiger partial charge in [0.25, 0.3) is 0 Å². The Morgan fingerprint density at radius 2 is 1.96 bits per heavy atom. The standard InChI is InChI=1S/C19H26O5/c1-12-6-5-7-15(10-23-13(2)20)18(22)8-17-16(12)9-19(17,4)11-24-14(3)21/h7,16-17H,1,5-6,8-11H2,2-4H3/b15-7-/t16-,17-,19+/m1/s1. The molecule has 2 aliphatic rings. The molecule has 5 heteroatoms. The number of ketones is 1. The molecule has 0 bridgehead atoms. The molecule has 5 nitrogen and oxygen atoms in total. The Bertz CT molecular complexity index is 589. The number of Topliss-reactive ketones (excluding diaryl/α,β-unsaturated/α-hetero) is 1. The first kappa shape index (κ1) is 18.4. The number of fused-ring (bicyclic) bond motifs is 1. The lowest BCUT2D eigenvalue weighted by Gasteiger charge is -2.53. The first-order valence-electron chi connectivity index (χ1n) is 8.39. The van der Waals surface area contributed by atoms with Gasteiger partial charge in [-0.05, 0) is 31.1 Å². The third-order valence-electron chi connectivity index (χ3n) is 5.25. The number of allylic oxidation sites excluding steroid dienone is 2. The van der Waals surface area contributed by atoms with Crippen molar-refractivity contribution in [1.82, 2.24) is 0 Å². The number of rotatable bonds is 4. The van der Waals surface area contributed by atoms with Gasteiger partial charge in [-0.1, -0.05) is 25.2 Å². The van der Waals surface area contributed by atoms with E-state index in [1.165, 1.54) is 13.8 Å². The second-order valence-electron chi connectivity index (χ2n) is 7.19. The Hall–Kier alpha value is -1.91. The Labute approximate surface area is 143 Å². The van der Waals surface area contributed by atoms with Crippen LogP contribution in [0.4, 0.5) is 0 Å². The predicted octanol–water partition coefficient (Wildman–Crippen LogP) is 2.99. The van der Waals surface area contributed by atoms with Gasteiger partial charge in [-0.25, -0.2) is 0 Å². The first-order chi connectivity index (χ1) is 11.2. The summed E-state index contributed by atoms with van der Waals surface area (Å²) in [7, 11) is 0. The van der Waals surface area contributed by atoms with E-state index >= 15 is 0 Å². The minimum Gasteiger partial charge on any atom is -0.465 e. The summed E-state index contributed by atoms with van der Waals surface area (Å²) < 4.78 is 10.2. The molecule has 0 N–H and O–H groups in total. The predicted molar refractivity (Wildman–Crippen MR) is 89.1 cm³/mol. The lowest BCUT2D eigenvalue weighted by molar-refractivity contribution is -0.153. The molecule has 1 saturated carbocycles. The molecule has 2 rings (SSSR count). The van der Waals surface area contributed by atoms with E-state index in [0.717, 1.165) is 24.8 Å². The van der Waals surface area contributed by atoms with E-state index in [0.29, 0.717) is 18.6 Å². The fourth-order valence-electron chi connectivity index (χ4n) is 3.75. The van der Waals surface area contributed by atoms with Crippen molar-refractivity contribution in [3.63, 3.8) is 0 Å². The minimum absolute atomic E-state index is 0.00898. The Balaban J connectivity index is 2.13. The largest absolute Gasteiger partial charge is 0.465 e. The molecule has 0 unspecified atom stereocenters. The van der Waals surface area contributed by atoms with Crippen LogP contribution in [-0.4, -0.2) is 30.9 Å². The van der Waals surface area contributed by atoms with Crippen molar-refractivity contribution in [2.75, 3.05) is 13.2 Å². The highest BCUT2D eigenvalue weighted by molar-refractivity contribution is 5.96. The average molecular weight is 334 g/mol. The summed E-state index contributed by atoms with van der Waals surface area (Å²) in [4.78, 5) is 34.8. The fraction of sp³-hybridized carbons (Fsp3) is 0.632. The van der Waals surface area contributed by atoms with Gasteiger partial charge >= 0.3 is 11.9 Å². The molecular weight excluding hydrogens is 308 g/mol. The van der Waals surface area contributed by atoms with Crippen molar-refractivity contribution in [2.24, 2.45) is 17.3 Å². The summed E-state index contributed by atoms with van der Waals surface area (Å²) in [5.74, 6) is -0.293. The number of esters is 2. The number of carbonyl (C=O) groups is 3. The average Bonchev–Trinajstić information content (AvgIpc) is 2.54. The molecule has 1 fully saturated rings. The van der Waals surface area contributed by atoms with Crippen LogP contribution in [-0.2, 0) is 23.9 Å². The van der Waals surface area contributed by atoms with Crippen LogP contribution < -0.4 is 0 Å². The van der Waals surface area contributed by atoms with Gasteiger partial charge in [0.2, 0.25) is 0 Å². The van der Waals surface area contributed by atoms with Gasteiger partial charge in [0.1, 0.15) is 6.61 Å². The second-order valence-corrected chi connectivity index (χ2v) is 7.19. The number of carbonyl (C=O) groups excluding carboxylic acids is 3. The van der Waals surface area contributed by atoms with E-state index in [4.69, 9.17) is 9.47 Å². The van der Waals surface area contributed by atoms with Gasteiger partial charge in [0, 0.05) is 31.3 Å². The maximum absolute atomic E-state index is 12.7. The molecule has 132 valence electrons. The number of hydrogen-bond acceptors (Lipinski definition) is 5. The van der Waals surface area contributed by atoms with E-state index in [9.17, 15) is 14.4 Å². The van der Waals surface area contributed by atoms with Crippen LogP contribution >= 0.6 is 0 Å². The van der Waals surface area contributed by atoms with Crippen LogP contribution in [0, 0.1) is 17.3 Å². The summed E-state index contributed by atoms with van der Waals surface area (Å²) in [6.07, 6.45) is 4.67. The number of ether oxygens (including phenoxy) is 2. The molecule has 0 heterocycles. The van der Waals surface area contributed by atoms with Crippen LogP contribution in [0.3, 0.4) is 0 Å². The van der Waals surface area contributed by atoms with Crippen molar-refractivity contribution in [1.29, 1.82) is 0 Å². The Kier molecular flexibility index (Phi) is 5.62. The lowest BCUT2D eigenvalue weighted by atomic mass is 9.51. The van der Waals surface area contributed by atoms with Crippen LogP contribution in [0.5, 0.6) is 0 Å². The molecule has 3 atom stereocenters. The zero-order valence-electron chi connectivity index (χ0n) is 14.7. The van der Waals surface area contributed by atoms with Gasteiger partial charge in [0.05, 0.1) is 6.61 Å². The third kappa shape index (κ3) is 4.13. The summed E-state index contributed by atoms with van der Waals surface area (Å²) in [6.45, 7) is 9.33. The summed E-state index contributed by atoms with van der Waals surface area (Å²) >= 11 is 0. The molecule has 2 aliphatic carbocycles. The molecule has 24 heavy (non-hydrogen) atoms. The summed E-state index contributed by atoms with van der Waals surface area (Å²) in [6, 6.07) is 0. The van der Waals surface area contributed by atoms with Crippen molar-refractivity contribution < 1.29 is 23.9 Å².